The zero-order valence-electron chi connectivity index (χ0n) is 13.6. The maximum atomic E-state index is 10.6. The lowest BCUT2D eigenvalue weighted by molar-refractivity contribution is 0.174. The number of aliphatic hydroxyl groups is 1. The maximum absolute atomic E-state index is 10.6. The summed E-state index contributed by atoms with van der Waals surface area (Å²) in [6.07, 6.45) is 1.61. The second-order valence-corrected chi connectivity index (χ2v) is 5.52. The summed E-state index contributed by atoms with van der Waals surface area (Å²) in [7, 11) is 1.66. The highest BCUT2D eigenvalue weighted by Crippen LogP contribution is 2.31. The molecule has 0 aliphatic carbocycles. The number of hydrogen-bond acceptors (Lipinski definition) is 4. The van der Waals surface area contributed by atoms with E-state index >= 15 is 0 Å². The van der Waals surface area contributed by atoms with E-state index in [0.29, 0.717) is 6.42 Å². The Bertz CT molecular complexity index is 659. The molecule has 0 aliphatic heterocycles. The average Bonchev–Trinajstić information content (AvgIpc) is 2.67. The first-order chi connectivity index (χ1) is 9.86. The van der Waals surface area contributed by atoms with Gasteiger partial charge in [-0.05, 0) is 40.2 Å². The monoisotopic (exact) mass is 289 g/mol. The van der Waals surface area contributed by atoms with Gasteiger partial charge in [-0.25, -0.2) is 0 Å². The lowest BCUT2D eigenvalue weighted by atomic mass is 9.98. The van der Waals surface area contributed by atoms with E-state index in [0.717, 1.165) is 45.2 Å². The van der Waals surface area contributed by atoms with Gasteiger partial charge in [-0.1, -0.05) is 0 Å². The van der Waals surface area contributed by atoms with Crippen LogP contribution in [0.5, 0.6) is 5.75 Å². The van der Waals surface area contributed by atoms with E-state index in [-0.39, 0.29) is 0 Å². The van der Waals surface area contributed by atoms with E-state index in [1.807, 2.05) is 34.6 Å². The first-order valence-electron chi connectivity index (χ1n) is 7.10. The molecule has 0 bridgehead atoms. The average molecular weight is 289 g/mol. The molecule has 0 amide bonds. The largest absolute Gasteiger partial charge is 0.496 e. The van der Waals surface area contributed by atoms with Gasteiger partial charge in [-0.2, -0.15) is 0 Å². The maximum Gasteiger partial charge on any atom is 0.128 e. The minimum absolute atomic E-state index is 0.448. The molecule has 2 rings (SSSR count). The summed E-state index contributed by atoms with van der Waals surface area (Å²) in [5, 5.41) is 10.6. The van der Waals surface area contributed by atoms with Gasteiger partial charge < -0.3 is 14.3 Å². The summed E-state index contributed by atoms with van der Waals surface area (Å²) in [4.78, 5) is 4.45. The molecule has 2 heterocycles. The van der Waals surface area contributed by atoms with Gasteiger partial charge in [-0.15, -0.1) is 0 Å². The van der Waals surface area contributed by atoms with E-state index < -0.39 is 6.10 Å². The predicted molar refractivity (Wildman–Crippen MR) is 81.8 cm³/mol. The number of furan rings is 1. The minimum atomic E-state index is -0.624. The highest BCUT2D eigenvalue weighted by molar-refractivity contribution is 5.42. The Morgan fingerprint density at radius 3 is 2.33 bits per heavy atom. The van der Waals surface area contributed by atoms with E-state index in [4.69, 9.17) is 9.15 Å². The zero-order valence-corrected chi connectivity index (χ0v) is 13.6. The molecule has 2 aromatic heterocycles. The predicted octanol–water partition coefficient (Wildman–Crippen LogP) is 3.50. The van der Waals surface area contributed by atoms with Crippen molar-refractivity contribution in [3.8, 4) is 5.75 Å². The van der Waals surface area contributed by atoms with Crippen LogP contribution in [0.4, 0.5) is 0 Å². The van der Waals surface area contributed by atoms with Gasteiger partial charge >= 0.3 is 0 Å². The molecule has 0 saturated heterocycles. The fraction of sp³-hybridized carbons (Fsp3) is 0.471. The van der Waals surface area contributed by atoms with Crippen molar-refractivity contribution in [1.82, 2.24) is 4.98 Å². The van der Waals surface area contributed by atoms with Gasteiger partial charge in [0.15, 0.2) is 0 Å². The van der Waals surface area contributed by atoms with Crippen LogP contribution in [0, 0.1) is 34.6 Å². The second-order valence-electron chi connectivity index (χ2n) is 5.52. The van der Waals surface area contributed by atoms with Crippen LogP contribution in [0.25, 0.3) is 0 Å². The Morgan fingerprint density at radius 1 is 1.14 bits per heavy atom. The number of hydrogen-bond donors (Lipinski definition) is 1. The first kappa shape index (κ1) is 15.6. The van der Waals surface area contributed by atoms with Crippen molar-refractivity contribution in [1.29, 1.82) is 0 Å². The lowest BCUT2D eigenvalue weighted by Crippen LogP contribution is -2.08. The summed E-state index contributed by atoms with van der Waals surface area (Å²) in [5.41, 5.74) is 4.71. The fourth-order valence-corrected chi connectivity index (χ4v) is 2.86. The molecule has 0 fully saturated rings. The Kier molecular flexibility index (Phi) is 4.37. The van der Waals surface area contributed by atoms with Crippen LogP contribution in [-0.2, 0) is 6.42 Å². The smallest absolute Gasteiger partial charge is 0.128 e. The summed E-state index contributed by atoms with van der Waals surface area (Å²) in [6, 6.07) is 0. The number of aromatic nitrogens is 1. The zero-order chi connectivity index (χ0) is 15.7. The van der Waals surface area contributed by atoms with Crippen molar-refractivity contribution in [2.45, 2.75) is 47.1 Å². The van der Waals surface area contributed by atoms with Crippen molar-refractivity contribution >= 4 is 0 Å². The third kappa shape index (κ3) is 2.81. The van der Waals surface area contributed by atoms with E-state index in [1.54, 1.807) is 13.3 Å². The van der Waals surface area contributed by atoms with Crippen molar-refractivity contribution < 1.29 is 14.3 Å². The molecule has 0 aromatic carbocycles. The number of nitrogens with zero attached hydrogens (tertiary/aromatic N) is 1. The van der Waals surface area contributed by atoms with Crippen LogP contribution in [0.2, 0.25) is 0 Å². The Morgan fingerprint density at radius 2 is 1.81 bits per heavy atom. The number of aryl methyl sites for hydroxylation is 3. The van der Waals surface area contributed by atoms with Crippen LogP contribution in [0.1, 0.15) is 45.6 Å². The van der Waals surface area contributed by atoms with E-state index in [9.17, 15) is 5.11 Å². The summed E-state index contributed by atoms with van der Waals surface area (Å²) < 4.78 is 11.0. The van der Waals surface area contributed by atoms with Crippen molar-refractivity contribution in [3.63, 3.8) is 0 Å². The molecule has 0 saturated carbocycles. The van der Waals surface area contributed by atoms with Gasteiger partial charge in [0.1, 0.15) is 17.3 Å². The fourth-order valence-electron chi connectivity index (χ4n) is 2.86. The van der Waals surface area contributed by atoms with Crippen molar-refractivity contribution in [2.24, 2.45) is 0 Å². The summed E-state index contributed by atoms with van der Waals surface area (Å²) >= 11 is 0. The summed E-state index contributed by atoms with van der Waals surface area (Å²) in [6.45, 7) is 9.71. The molecule has 4 nitrogen and oxygen atoms in total. The Balaban J connectivity index is 2.34. The molecule has 1 unspecified atom stereocenters. The number of ether oxygens (including phenoxy) is 1. The van der Waals surface area contributed by atoms with E-state index in [2.05, 4.69) is 4.98 Å². The molecule has 4 heteroatoms. The van der Waals surface area contributed by atoms with Gasteiger partial charge in [0.05, 0.1) is 13.2 Å². The van der Waals surface area contributed by atoms with Crippen LogP contribution in [-0.4, -0.2) is 17.2 Å². The van der Waals surface area contributed by atoms with Crippen LogP contribution in [0.3, 0.4) is 0 Å². The highest BCUT2D eigenvalue weighted by atomic mass is 16.5. The third-order valence-corrected chi connectivity index (χ3v) is 4.09. The number of aliphatic hydroxyl groups excluding tert-OH is 1. The quantitative estimate of drug-likeness (QED) is 0.936. The Hall–Kier alpha value is -1.81. The molecule has 0 aliphatic rings. The van der Waals surface area contributed by atoms with Crippen LogP contribution >= 0.6 is 0 Å². The first-order valence-corrected chi connectivity index (χ1v) is 7.10. The second kappa shape index (κ2) is 5.90. The molecule has 0 radical (unpaired) electrons. The molecule has 114 valence electrons. The van der Waals surface area contributed by atoms with Crippen molar-refractivity contribution in [3.05, 3.63) is 45.7 Å². The van der Waals surface area contributed by atoms with Crippen LogP contribution in [0.15, 0.2) is 10.6 Å². The van der Waals surface area contributed by atoms with E-state index in [1.165, 1.54) is 0 Å². The number of rotatable bonds is 4. The highest BCUT2D eigenvalue weighted by Gasteiger charge is 2.21. The molecule has 1 N–H and O–H groups in total. The molecule has 0 spiro atoms. The molecule has 21 heavy (non-hydrogen) atoms. The lowest BCUT2D eigenvalue weighted by Gasteiger charge is -2.15. The van der Waals surface area contributed by atoms with Gasteiger partial charge in [-0.3, -0.25) is 4.98 Å². The molecule has 2 aromatic rings. The molecular formula is C17H23NO3. The number of methoxy groups -OCH3 is 1. The molecule has 1 atom stereocenters. The number of pyridine rings is 1. The Labute approximate surface area is 125 Å². The van der Waals surface area contributed by atoms with Gasteiger partial charge in [0.2, 0.25) is 0 Å². The van der Waals surface area contributed by atoms with Gasteiger partial charge in [0.25, 0.3) is 0 Å². The standard InChI is InChI=1S/C17H23NO3/c1-9-8-18-14(11(3)17(9)20-6)7-15(19)16-10(2)12(4)21-13(16)5/h8,15,19H,7H2,1-6H3. The summed E-state index contributed by atoms with van der Waals surface area (Å²) in [5.74, 6) is 2.46. The van der Waals surface area contributed by atoms with Crippen molar-refractivity contribution in [2.75, 3.05) is 7.11 Å². The molecular weight excluding hydrogens is 266 g/mol. The topological polar surface area (TPSA) is 55.5 Å². The normalized spacial score (nSPS) is 12.5. The third-order valence-electron chi connectivity index (χ3n) is 4.09. The SMILES string of the molecule is COc1c(C)cnc(CC(O)c2c(C)oc(C)c2C)c1C. The van der Waals surface area contributed by atoms with Gasteiger partial charge in [0, 0.05) is 35.0 Å². The minimum Gasteiger partial charge on any atom is -0.496 e. The van der Waals surface area contributed by atoms with Crippen LogP contribution < -0.4 is 4.74 Å².